The van der Waals surface area contributed by atoms with Crippen molar-refractivity contribution in [2.24, 2.45) is 11.7 Å². The number of nitrogens with zero attached hydrogens (tertiary/aromatic N) is 2. The lowest BCUT2D eigenvalue weighted by Crippen LogP contribution is -2.42. The summed E-state index contributed by atoms with van der Waals surface area (Å²) in [6.07, 6.45) is 5.06. The van der Waals surface area contributed by atoms with Crippen LogP contribution in [0.1, 0.15) is 31.2 Å². The van der Waals surface area contributed by atoms with Crippen LogP contribution in [-0.2, 0) is 20.7 Å². The molecule has 0 bridgehead atoms. The van der Waals surface area contributed by atoms with Gasteiger partial charge in [0.2, 0.25) is 17.7 Å². The maximum absolute atomic E-state index is 12.5. The number of likely N-dealkylation sites (tertiary alicyclic amines) is 1. The SMILES string of the molecule is COc1cc(CC(=O)N2CCC([C@@H]3CC[C@H](C(N)=O)O3)CC2)ccn1. The molecule has 2 amide bonds. The number of carbonyl (C=O) groups is 2. The van der Waals surface area contributed by atoms with Crippen LogP contribution < -0.4 is 10.5 Å². The average Bonchev–Trinajstić information content (AvgIpc) is 3.12. The molecule has 3 rings (SSSR count). The molecule has 0 spiro atoms. The minimum atomic E-state index is -0.439. The molecule has 136 valence electrons. The Kier molecular flexibility index (Phi) is 5.53. The van der Waals surface area contributed by atoms with Gasteiger partial charge in [-0.1, -0.05) is 0 Å². The Labute approximate surface area is 147 Å². The molecule has 7 nitrogen and oxygen atoms in total. The van der Waals surface area contributed by atoms with E-state index < -0.39 is 6.10 Å². The van der Waals surface area contributed by atoms with Crippen molar-refractivity contribution < 1.29 is 19.1 Å². The molecular formula is C18H25N3O4. The predicted molar refractivity (Wildman–Crippen MR) is 90.9 cm³/mol. The summed E-state index contributed by atoms with van der Waals surface area (Å²) in [4.78, 5) is 29.7. The molecular weight excluding hydrogens is 322 g/mol. The minimum absolute atomic E-state index is 0.0965. The Balaban J connectivity index is 1.48. The van der Waals surface area contributed by atoms with E-state index in [-0.39, 0.29) is 17.9 Å². The second-order valence-electron chi connectivity index (χ2n) is 6.74. The van der Waals surface area contributed by atoms with E-state index in [1.165, 1.54) is 0 Å². The number of pyridine rings is 1. The fraction of sp³-hybridized carbons (Fsp3) is 0.611. The second kappa shape index (κ2) is 7.82. The molecule has 1 aromatic rings. The quantitative estimate of drug-likeness (QED) is 0.854. The lowest BCUT2D eigenvalue weighted by molar-refractivity contribution is -0.133. The second-order valence-corrected chi connectivity index (χ2v) is 6.74. The summed E-state index contributed by atoms with van der Waals surface area (Å²) in [6.45, 7) is 1.46. The van der Waals surface area contributed by atoms with E-state index in [9.17, 15) is 9.59 Å². The monoisotopic (exact) mass is 347 g/mol. The molecule has 2 atom stereocenters. The molecule has 2 aliphatic heterocycles. The number of hydrogen-bond acceptors (Lipinski definition) is 5. The van der Waals surface area contributed by atoms with Gasteiger partial charge in [-0.05, 0) is 43.2 Å². The van der Waals surface area contributed by atoms with E-state index in [0.29, 0.717) is 24.6 Å². The number of methoxy groups -OCH3 is 1. The molecule has 0 aromatic carbocycles. The third-order valence-electron chi connectivity index (χ3n) is 5.15. The third-order valence-corrected chi connectivity index (χ3v) is 5.15. The molecule has 7 heteroatoms. The zero-order chi connectivity index (χ0) is 17.8. The number of primary amides is 1. The highest BCUT2D eigenvalue weighted by Gasteiger charge is 2.36. The first kappa shape index (κ1) is 17.7. The minimum Gasteiger partial charge on any atom is -0.481 e. The number of amides is 2. The van der Waals surface area contributed by atoms with Crippen LogP contribution in [0.2, 0.25) is 0 Å². The smallest absolute Gasteiger partial charge is 0.246 e. The third kappa shape index (κ3) is 4.28. The molecule has 2 N–H and O–H groups in total. The van der Waals surface area contributed by atoms with Crippen molar-refractivity contribution in [3.63, 3.8) is 0 Å². The molecule has 25 heavy (non-hydrogen) atoms. The number of nitrogens with two attached hydrogens (primary N) is 1. The van der Waals surface area contributed by atoms with Crippen LogP contribution >= 0.6 is 0 Å². The first-order chi connectivity index (χ1) is 12.1. The van der Waals surface area contributed by atoms with Crippen LogP contribution in [0.5, 0.6) is 5.88 Å². The lowest BCUT2D eigenvalue weighted by atomic mass is 9.89. The first-order valence-electron chi connectivity index (χ1n) is 8.78. The van der Waals surface area contributed by atoms with Gasteiger partial charge in [-0.25, -0.2) is 4.98 Å². The van der Waals surface area contributed by atoms with E-state index in [0.717, 1.165) is 37.9 Å². The molecule has 2 fully saturated rings. The normalized spacial score (nSPS) is 24.3. The van der Waals surface area contributed by atoms with Crippen molar-refractivity contribution in [1.82, 2.24) is 9.88 Å². The fourth-order valence-corrected chi connectivity index (χ4v) is 3.70. The molecule has 0 unspecified atom stereocenters. The summed E-state index contributed by atoms with van der Waals surface area (Å²) >= 11 is 0. The molecule has 0 saturated carbocycles. The highest BCUT2D eigenvalue weighted by Crippen LogP contribution is 2.31. The highest BCUT2D eigenvalue weighted by molar-refractivity contribution is 5.79. The number of ether oxygens (including phenoxy) is 2. The first-order valence-corrected chi connectivity index (χ1v) is 8.78. The average molecular weight is 347 g/mol. The summed E-state index contributed by atoms with van der Waals surface area (Å²) in [5.41, 5.74) is 6.22. The Morgan fingerprint density at radius 1 is 1.32 bits per heavy atom. The lowest BCUT2D eigenvalue weighted by Gasteiger charge is -2.34. The summed E-state index contributed by atoms with van der Waals surface area (Å²) in [6, 6.07) is 3.63. The zero-order valence-corrected chi connectivity index (χ0v) is 14.5. The Morgan fingerprint density at radius 3 is 2.72 bits per heavy atom. The van der Waals surface area contributed by atoms with Gasteiger partial charge in [-0.2, -0.15) is 0 Å². The van der Waals surface area contributed by atoms with E-state index in [1.54, 1.807) is 19.4 Å². The van der Waals surface area contributed by atoms with Gasteiger partial charge in [0.25, 0.3) is 0 Å². The molecule has 1 aromatic heterocycles. The van der Waals surface area contributed by atoms with Gasteiger partial charge >= 0.3 is 0 Å². The van der Waals surface area contributed by atoms with Crippen molar-refractivity contribution in [1.29, 1.82) is 0 Å². The van der Waals surface area contributed by atoms with E-state index >= 15 is 0 Å². The zero-order valence-electron chi connectivity index (χ0n) is 14.5. The maximum Gasteiger partial charge on any atom is 0.246 e. The van der Waals surface area contributed by atoms with Crippen LogP contribution in [0.4, 0.5) is 0 Å². The summed E-state index contributed by atoms with van der Waals surface area (Å²) in [7, 11) is 1.56. The molecule has 3 heterocycles. The van der Waals surface area contributed by atoms with Crippen molar-refractivity contribution in [2.75, 3.05) is 20.2 Å². The number of aromatic nitrogens is 1. The van der Waals surface area contributed by atoms with E-state index in [2.05, 4.69) is 4.98 Å². The number of piperidine rings is 1. The molecule has 2 saturated heterocycles. The van der Waals surface area contributed by atoms with Crippen LogP contribution in [-0.4, -0.2) is 54.1 Å². The van der Waals surface area contributed by atoms with Crippen LogP contribution in [0.15, 0.2) is 18.3 Å². The number of carbonyl (C=O) groups excluding carboxylic acids is 2. The van der Waals surface area contributed by atoms with Crippen molar-refractivity contribution in [3.05, 3.63) is 23.9 Å². The topological polar surface area (TPSA) is 94.8 Å². The van der Waals surface area contributed by atoms with Crippen LogP contribution in [0, 0.1) is 5.92 Å². The summed E-state index contributed by atoms with van der Waals surface area (Å²) in [5, 5.41) is 0. The van der Waals surface area contributed by atoms with Crippen molar-refractivity contribution >= 4 is 11.8 Å². The maximum atomic E-state index is 12.5. The van der Waals surface area contributed by atoms with Crippen molar-refractivity contribution in [2.45, 2.75) is 44.3 Å². The van der Waals surface area contributed by atoms with Gasteiger partial charge < -0.3 is 20.1 Å². The van der Waals surface area contributed by atoms with Gasteiger partial charge in [0, 0.05) is 25.4 Å². The molecule has 2 aliphatic rings. The number of hydrogen-bond donors (Lipinski definition) is 1. The standard InChI is InChI=1S/C18H25N3O4/c1-24-16-10-12(4-7-20-16)11-17(22)21-8-5-13(6-9-21)14-2-3-15(25-14)18(19)23/h4,7,10,13-15H,2-3,5-6,8-9,11H2,1H3,(H2,19,23)/t14-,15+/m0/s1. The van der Waals surface area contributed by atoms with Gasteiger partial charge in [0.1, 0.15) is 6.10 Å². The predicted octanol–water partition coefficient (Wildman–Crippen LogP) is 0.904. The van der Waals surface area contributed by atoms with Gasteiger partial charge in [0.15, 0.2) is 0 Å². The summed E-state index contributed by atoms with van der Waals surface area (Å²) < 4.78 is 10.9. The summed E-state index contributed by atoms with van der Waals surface area (Å²) in [5.74, 6) is 0.665. The van der Waals surface area contributed by atoms with E-state index in [4.69, 9.17) is 15.2 Å². The van der Waals surface area contributed by atoms with Crippen molar-refractivity contribution in [3.8, 4) is 5.88 Å². The van der Waals surface area contributed by atoms with E-state index in [1.807, 2.05) is 11.0 Å². The molecule has 0 radical (unpaired) electrons. The van der Waals surface area contributed by atoms with Gasteiger partial charge in [0.05, 0.1) is 19.6 Å². The van der Waals surface area contributed by atoms with Crippen LogP contribution in [0.25, 0.3) is 0 Å². The highest BCUT2D eigenvalue weighted by atomic mass is 16.5. The Bertz CT molecular complexity index is 629. The van der Waals surface area contributed by atoms with Crippen LogP contribution in [0.3, 0.4) is 0 Å². The Morgan fingerprint density at radius 2 is 2.08 bits per heavy atom. The van der Waals surface area contributed by atoms with Gasteiger partial charge in [-0.15, -0.1) is 0 Å². The Hall–Kier alpha value is -2.15. The largest absolute Gasteiger partial charge is 0.481 e. The van der Waals surface area contributed by atoms with Gasteiger partial charge in [-0.3, -0.25) is 9.59 Å². The fourth-order valence-electron chi connectivity index (χ4n) is 3.70. The molecule has 0 aliphatic carbocycles. The number of rotatable bonds is 5.